The molecule has 110 valence electrons. The first-order chi connectivity index (χ1) is 9.95. The zero-order chi connectivity index (χ0) is 15.4. The molecule has 2 rings (SSSR count). The van der Waals surface area contributed by atoms with Gasteiger partial charge in [-0.1, -0.05) is 0 Å². The molecule has 0 spiro atoms. The Morgan fingerprint density at radius 1 is 1.00 bits per heavy atom. The van der Waals surface area contributed by atoms with Gasteiger partial charge in [-0.3, -0.25) is 9.59 Å². The summed E-state index contributed by atoms with van der Waals surface area (Å²) < 4.78 is 23.0. The summed E-state index contributed by atoms with van der Waals surface area (Å²) in [7, 11) is 0. The molecule has 1 aromatic carbocycles. The molecular formula is C14H13FN2O4. The normalized spacial score (nSPS) is 10.4. The topological polar surface area (TPSA) is 78.4 Å². The molecule has 0 N–H and O–H groups in total. The minimum absolute atomic E-state index is 0.0910. The van der Waals surface area contributed by atoms with E-state index >= 15 is 0 Å². The van der Waals surface area contributed by atoms with Crippen molar-refractivity contribution in [1.29, 1.82) is 0 Å². The molecule has 7 heteroatoms. The lowest BCUT2D eigenvalue weighted by Gasteiger charge is -2.10. The smallest absolute Gasteiger partial charge is 0.303 e. The van der Waals surface area contributed by atoms with Crippen molar-refractivity contribution in [2.45, 2.75) is 27.1 Å². The zero-order valence-corrected chi connectivity index (χ0v) is 11.6. The summed E-state index contributed by atoms with van der Waals surface area (Å²) in [6.07, 6.45) is 0. The second-order valence-corrected chi connectivity index (χ2v) is 4.31. The summed E-state index contributed by atoms with van der Waals surface area (Å²) in [5.41, 5.74) is 1.49. The number of ether oxygens (including phenoxy) is 2. The molecule has 0 aliphatic rings. The Morgan fingerprint density at radius 3 is 2.05 bits per heavy atom. The lowest BCUT2D eigenvalue weighted by Crippen LogP contribution is -2.09. The monoisotopic (exact) mass is 292 g/mol. The van der Waals surface area contributed by atoms with Gasteiger partial charge in [0.05, 0.1) is 11.0 Å². The largest absolute Gasteiger partial charge is 0.459 e. The maximum atomic E-state index is 13.2. The molecular weight excluding hydrogens is 279 g/mol. The predicted molar refractivity (Wildman–Crippen MR) is 70.4 cm³/mol. The van der Waals surface area contributed by atoms with Gasteiger partial charge in [-0.05, 0) is 12.1 Å². The van der Waals surface area contributed by atoms with E-state index in [1.165, 1.54) is 32.0 Å². The molecule has 0 radical (unpaired) electrons. The second-order valence-electron chi connectivity index (χ2n) is 4.31. The van der Waals surface area contributed by atoms with E-state index in [1.807, 2.05) is 0 Å². The predicted octanol–water partition coefficient (Wildman–Crippen LogP) is 1.90. The number of carbonyl (C=O) groups is 2. The molecule has 0 unspecified atom stereocenters. The number of esters is 2. The fourth-order valence-electron chi connectivity index (χ4n) is 1.67. The van der Waals surface area contributed by atoms with Crippen LogP contribution >= 0.6 is 0 Å². The number of hydrogen-bond donors (Lipinski definition) is 0. The average Bonchev–Trinajstić information content (AvgIpc) is 2.42. The molecule has 21 heavy (non-hydrogen) atoms. The summed E-state index contributed by atoms with van der Waals surface area (Å²) in [6.45, 7) is 2.33. The lowest BCUT2D eigenvalue weighted by atomic mass is 10.2. The minimum atomic E-state index is -0.477. The second kappa shape index (κ2) is 6.25. The van der Waals surface area contributed by atoms with Gasteiger partial charge in [-0.2, -0.15) is 0 Å². The minimum Gasteiger partial charge on any atom is -0.459 e. The number of hydrogen-bond acceptors (Lipinski definition) is 6. The van der Waals surface area contributed by atoms with Crippen LogP contribution in [0, 0.1) is 5.82 Å². The first-order valence-corrected chi connectivity index (χ1v) is 6.17. The van der Waals surface area contributed by atoms with Gasteiger partial charge in [0.2, 0.25) is 0 Å². The number of carbonyl (C=O) groups excluding carboxylic acids is 2. The van der Waals surface area contributed by atoms with Crippen LogP contribution in [0.1, 0.15) is 25.2 Å². The fourth-order valence-corrected chi connectivity index (χ4v) is 1.67. The SMILES string of the molecule is CC(=O)OCc1nc2ccc(F)cc2nc1COC(C)=O. The Labute approximate surface area is 119 Å². The van der Waals surface area contributed by atoms with E-state index in [-0.39, 0.29) is 13.2 Å². The molecule has 0 atom stereocenters. The van der Waals surface area contributed by atoms with Crippen molar-refractivity contribution < 1.29 is 23.5 Å². The highest BCUT2D eigenvalue weighted by atomic mass is 19.1. The van der Waals surface area contributed by atoms with Crippen LogP contribution in [0.5, 0.6) is 0 Å². The third kappa shape index (κ3) is 3.95. The number of benzene rings is 1. The Morgan fingerprint density at radius 2 is 1.52 bits per heavy atom. The molecule has 0 saturated heterocycles. The van der Waals surface area contributed by atoms with Gasteiger partial charge in [-0.15, -0.1) is 0 Å². The molecule has 0 aliphatic carbocycles. The standard InChI is InChI=1S/C14H13FN2O4/c1-8(18)20-6-13-14(7-21-9(2)19)17-12-5-10(15)3-4-11(12)16-13/h3-5H,6-7H2,1-2H3. The van der Waals surface area contributed by atoms with Crippen LogP contribution in [0.25, 0.3) is 11.0 Å². The van der Waals surface area contributed by atoms with Crippen molar-refractivity contribution in [3.05, 3.63) is 35.4 Å². The van der Waals surface area contributed by atoms with Gasteiger partial charge in [0.25, 0.3) is 0 Å². The highest BCUT2D eigenvalue weighted by molar-refractivity contribution is 5.74. The molecule has 0 amide bonds. The Balaban J connectivity index is 2.40. The van der Waals surface area contributed by atoms with Crippen LogP contribution in [0.3, 0.4) is 0 Å². The Hall–Kier alpha value is -2.57. The van der Waals surface area contributed by atoms with E-state index in [0.29, 0.717) is 22.4 Å². The third-order valence-electron chi connectivity index (χ3n) is 2.61. The van der Waals surface area contributed by atoms with Crippen molar-refractivity contribution in [2.75, 3.05) is 0 Å². The molecule has 6 nitrogen and oxygen atoms in total. The van der Waals surface area contributed by atoms with Gasteiger partial charge < -0.3 is 9.47 Å². The molecule has 0 fully saturated rings. The molecule has 0 bridgehead atoms. The van der Waals surface area contributed by atoms with Crippen LogP contribution in [-0.2, 0) is 32.3 Å². The van der Waals surface area contributed by atoms with Crippen LogP contribution in [-0.4, -0.2) is 21.9 Å². The summed E-state index contributed by atoms with van der Waals surface area (Å²) in [5, 5.41) is 0. The Bertz CT molecular complexity index is 703. The summed E-state index contributed by atoms with van der Waals surface area (Å²) >= 11 is 0. The fraction of sp³-hybridized carbons (Fsp3) is 0.286. The number of halogens is 1. The zero-order valence-electron chi connectivity index (χ0n) is 11.6. The van der Waals surface area contributed by atoms with Crippen molar-refractivity contribution in [2.24, 2.45) is 0 Å². The molecule has 1 aromatic heterocycles. The number of aromatic nitrogens is 2. The van der Waals surface area contributed by atoms with Gasteiger partial charge in [0, 0.05) is 19.9 Å². The Kier molecular flexibility index (Phi) is 4.42. The van der Waals surface area contributed by atoms with Crippen LogP contribution in [0.4, 0.5) is 4.39 Å². The van der Waals surface area contributed by atoms with Crippen LogP contribution in [0.2, 0.25) is 0 Å². The van der Waals surface area contributed by atoms with Crippen molar-refractivity contribution in [3.63, 3.8) is 0 Å². The highest BCUT2D eigenvalue weighted by Crippen LogP contribution is 2.16. The van der Waals surface area contributed by atoms with Gasteiger partial charge in [0.1, 0.15) is 30.4 Å². The average molecular weight is 292 g/mol. The summed E-state index contributed by atoms with van der Waals surface area (Å²) in [4.78, 5) is 30.3. The van der Waals surface area contributed by atoms with E-state index in [4.69, 9.17) is 9.47 Å². The summed E-state index contributed by atoms with van der Waals surface area (Å²) in [5.74, 6) is -1.38. The maximum absolute atomic E-state index is 13.2. The third-order valence-corrected chi connectivity index (χ3v) is 2.61. The maximum Gasteiger partial charge on any atom is 0.303 e. The van der Waals surface area contributed by atoms with E-state index < -0.39 is 17.8 Å². The van der Waals surface area contributed by atoms with Gasteiger partial charge in [-0.25, -0.2) is 14.4 Å². The first kappa shape index (κ1) is 14.8. The number of nitrogens with zero attached hydrogens (tertiary/aromatic N) is 2. The van der Waals surface area contributed by atoms with E-state index in [2.05, 4.69) is 9.97 Å². The molecule has 0 aliphatic heterocycles. The lowest BCUT2D eigenvalue weighted by molar-refractivity contribution is -0.144. The first-order valence-electron chi connectivity index (χ1n) is 6.17. The number of rotatable bonds is 4. The van der Waals surface area contributed by atoms with Crippen molar-refractivity contribution in [1.82, 2.24) is 9.97 Å². The summed E-state index contributed by atoms with van der Waals surface area (Å²) in [6, 6.07) is 3.97. The van der Waals surface area contributed by atoms with E-state index in [1.54, 1.807) is 0 Å². The quantitative estimate of drug-likeness (QED) is 0.801. The number of fused-ring (bicyclic) bond motifs is 1. The van der Waals surface area contributed by atoms with E-state index in [0.717, 1.165) is 0 Å². The van der Waals surface area contributed by atoms with Gasteiger partial charge in [0.15, 0.2) is 0 Å². The van der Waals surface area contributed by atoms with Gasteiger partial charge >= 0.3 is 11.9 Å². The molecule has 0 saturated carbocycles. The van der Waals surface area contributed by atoms with Crippen LogP contribution < -0.4 is 0 Å². The van der Waals surface area contributed by atoms with E-state index in [9.17, 15) is 14.0 Å². The highest BCUT2D eigenvalue weighted by Gasteiger charge is 2.12. The molecule has 2 aromatic rings. The van der Waals surface area contributed by atoms with Crippen molar-refractivity contribution >= 4 is 23.0 Å². The molecule has 1 heterocycles. The van der Waals surface area contributed by atoms with Crippen LogP contribution in [0.15, 0.2) is 18.2 Å². The van der Waals surface area contributed by atoms with Crippen molar-refractivity contribution in [3.8, 4) is 0 Å².